The number of amides is 1. The lowest BCUT2D eigenvalue weighted by atomic mass is 9.81. The quantitative estimate of drug-likeness (QED) is 0.315. The third kappa shape index (κ3) is 5.61. The molecule has 2 aromatic carbocycles. The van der Waals surface area contributed by atoms with E-state index in [0.717, 1.165) is 22.6 Å². The van der Waals surface area contributed by atoms with Crippen molar-refractivity contribution in [2.75, 3.05) is 20.8 Å². The predicted molar refractivity (Wildman–Crippen MR) is 153 cm³/mol. The Kier molecular flexibility index (Phi) is 8.51. The summed E-state index contributed by atoms with van der Waals surface area (Å²) in [5.41, 5.74) is 2.02. The van der Waals surface area contributed by atoms with Crippen LogP contribution in [0.15, 0.2) is 97.1 Å². The summed E-state index contributed by atoms with van der Waals surface area (Å²) in [5.74, 6) is -0.298. The highest BCUT2D eigenvalue weighted by atomic mass is 16.5. The molecule has 3 atom stereocenters. The first-order valence-corrected chi connectivity index (χ1v) is 13.7. The second-order valence-electron chi connectivity index (χ2n) is 10.2. The van der Waals surface area contributed by atoms with Crippen molar-refractivity contribution < 1.29 is 23.8 Å². The standard InChI is InChI=1S/C33H36N2O5/c1-4-40-33(37)29-30(25-9-5-6-10-25)34(21-23-13-17-27(38-2)18-14-23)31(26-11-7-8-12-26)35(32(29)36)22-24-15-19-28(39-3)20-16-24/h5-20,25-26,29-31H,4,21-22H2,1-3H3/t29-,30-,31+/m0/s1. The maximum absolute atomic E-state index is 14.4. The molecule has 0 N–H and O–H groups in total. The second kappa shape index (κ2) is 12.4. The summed E-state index contributed by atoms with van der Waals surface area (Å²) in [6.07, 6.45) is 16.1. The summed E-state index contributed by atoms with van der Waals surface area (Å²) in [6, 6.07) is 15.3. The van der Waals surface area contributed by atoms with Crippen LogP contribution in [-0.4, -0.2) is 54.7 Å². The maximum atomic E-state index is 14.4. The summed E-state index contributed by atoms with van der Waals surface area (Å²) >= 11 is 0. The number of carbonyl (C=O) groups excluding carboxylic acids is 2. The monoisotopic (exact) mass is 540 g/mol. The van der Waals surface area contributed by atoms with Crippen molar-refractivity contribution in [3.8, 4) is 11.5 Å². The first-order chi connectivity index (χ1) is 19.5. The number of hydrogen-bond donors (Lipinski definition) is 0. The smallest absolute Gasteiger partial charge is 0.320 e. The van der Waals surface area contributed by atoms with Gasteiger partial charge in [-0.15, -0.1) is 0 Å². The van der Waals surface area contributed by atoms with Gasteiger partial charge in [0.25, 0.3) is 0 Å². The van der Waals surface area contributed by atoms with E-state index in [-0.39, 0.29) is 30.5 Å². The minimum atomic E-state index is -0.973. The van der Waals surface area contributed by atoms with E-state index in [0.29, 0.717) is 13.1 Å². The van der Waals surface area contributed by atoms with Gasteiger partial charge in [0.05, 0.1) is 27.0 Å². The fourth-order valence-electron chi connectivity index (χ4n) is 5.91. The first-order valence-electron chi connectivity index (χ1n) is 13.7. The Morgan fingerprint density at radius 1 is 0.750 bits per heavy atom. The van der Waals surface area contributed by atoms with Crippen molar-refractivity contribution in [2.45, 2.75) is 32.2 Å². The summed E-state index contributed by atoms with van der Waals surface area (Å²) < 4.78 is 16.3. The molecule has 1 heterocycles. The normalized spacial score (nSPS) is 22.8. The van der Waals surface area contributed by atoms with Crippen molar-refractivity contribution in [3.63, 3.8) is 0 Å². The molecule has 40 heavy (non-hydrogen) atoms. The fourth-order valence-corrected chi connectivity index (χ4v) is 5.91. The number of hydrogen-bond acceptors (Lipinski definition) is 6. The van der Waals surface area contributed by atoms with Gasteiger partial charge < -0.3 is 19.1 Å². The molecular weight excluding hydrogens is 504 g/mol. The van der Waals surface area contributed by atoms with E-state index < -0.39 is 17.9 Å². The van der Waals surface area contributed by atoms with Crippen LogP contribution in [0.25, 0.3) is 0 Å². The third-order valence-electron chi connectivity index (χ3n) is 7.80. The highest BCUT2D eigenvalue weighted by Crippen LogP contribution is 2.40. The van der Waals surface area contributed by atoms with Gasteiger partial charge in [0.2, 0.25) is 5.91 Å². The highest BCUT2D eigenvalue weighted by Gasteiger charge is 2.54. The average molecular weight is 541 g/mol. The molecule has 1 fully saturated rings. The molecule has 0 radical (unpaired) electrons. The van der Waals surface area contributed by atoms with Gasteiger partial charge in [-0.25, -0.2) is 0 Å². The predicted octanol–water partition coefficient (Wildman–Crippen LogP) is 4.91. The number of rotatable bonds is 10. The van der Waals surface area contributed by atoms with Gasteiger partial charge in [-0.2, -0.15) is 0 Å². The molecule has 2 aromatic rings. The number of benzene rings is 2. The molecule has 7 nitrogen and oxygen atoms in total. The maximum Gasteiger partial charge on any atom is 0.320 e. The summed E-state index contributed by atoms with van der Waals surface area (Å²) in [7, 11) is 3.28. The number of carbonyl (C=O) groups is 2. The molecule has 1 saturated heterocycles. The second-order valence-corrected chi connectivity index (χ2v) is 10.2. The van der Waals surface area contributed by atoms with Crippen LogP contribution < -0.4 is 9.47 Å². The van der Waals surface area contributed by atoms with Crippen LogP contribution in [0.1, 0.15) is 18.1 Å². The minimum Gasteiger partial charge on any atom is -0.497 e. The number of methoxy groups -OCH3 is 2. The fraction of sp³-hybridized carbons (Fsp3) is 0.333. The van der Waals surface area contributed by atoms with Crippen LogP contribution >= 0.6 is 0 Å². The van der Waals surface area contributed by atoms with E-state index in [4.69, 9.17) is 14.2 Å². The van der Waals surface area contributed by atoms with E-state index in [1.165, 1.54) is 0 Å². The van der Waals surface area contributed by atoms with Gasteiger partial charge in [0.15, 0.2) is 5.92 Å². The minimum absolute atomic E-state index is 0.0412. The molecule has 0 bridgehead atoms. The SMILES string of the molecule is CCOC(=O)[C@@H]1C(=O)N(Cc2ccc(OC)cc2)[C@H](C2C=CC=C2)N(Cc2ccc(OC)cc2)[C@H]1C1C=CC=C1. The zero-order valence-corrected chi connectivity index (χ0v) is 23.2. The summed E-state index contributed by atoms with van der Waals surface area (Å²) in [4.78, 5) is 32.2. The van der Waals surface area contributed by atoms with E-state index in [9.17, 15) is 9.59 Å². The van der Waals surface area contributed by atoms with Crippen molar-refractivity contribution in [1.29, 1.82) is 0 Å². The lowest BCUT2D eigenvalue weighted by Crippen LogP contribution is -2.68. The highest BCUT2D eigenvalue weighted by molar-refractivity contribution is 5.99. The van der Waals surface area contributed by atoms with Crippen LogP contribution in [0.2, 0.25) is 0 Å². The molecule has 0 saturated carbocycles. The number of allylic oxidation sites excluding steroid dienone is 4. The van der Waals surface area contributed by atoms with Crippen LogP contribution in [0.4, 0.5) is 0 Å². The van der Waals surface area contributed by atoms with Gasteiger partial charge in [-0.3, -0.25) is 14.5 Å². The van der Waals surface area contributed by atoms with Crippen molar-refractivity contribution in [1.82, 2.24) is 9.80 Å². The van der Waals surface area contributed by atoms with Gasteiger partial charge in [0, 0.05) is 31.0 Å². The van der Waals surface area contributed by atoms with Gasteiger partial charge in [0.1, 0.15) is 11.5 Å². The van der Waals surface area contributed by atoms with Crippen LogP contribution in [-0.2, 0) is 27.4 Å². The van der Waals surface area contributed by atoms with E-state index >= 15 is 0 Å². The first kappa shape index (κ1) is 27.5. The van der Waals surface area contributed by atoms with Crippen molar-refractivity contribution >= 4 is 11.9 Å². The zero-order chi connectivity index (χ0) is 28.1. The molecule has 1 aliphatic heterocycles. The Morgan fingerprint density at radius 2 is 1.25 bits per heavy atom. The molecule has 0 unspecified atom stereocenters. The lowest BCUT2D eigenvalue weighted by molar-refractivity contribution is -0.177. The molecule has 0 aromatic heterocycles. The van der Waals surface area contributed by atoms with Crippen LogP contribution in [0, 0.1) is 17.8 Å². The van der Waals surface area contributed by atoms with Crippen molar-refractivity contribution in [3.05, 3.63) is 108 Å². The Hall–Kier alpha value is -4.10. The number of nitrogens with zero attached hydrogens (tertiary/aromatic N) is 2. The van der Waals surface area contributed by atoms with Crippen LogP contribution in [0.3, 0.4) is 0 Å². The summed E-state index contributed by atoms with van der Waals surface area (Å²) in [5, 5.41) is 0. The molecule has 2 aliphatic carbocycles. The zero-order valence-electron chi connectivity index (χ0n) is 23.2. The number of esters is 1. The van der Waals surface area contributed by atoms with Gasteiger partial charge in [-0.1, -0.05) is 72.9 Å². The van der Waals surface area contributed by atoms with Crippen molar-refractivity contribution in [2.24, 2.45) is 17.8 Å². The van der Waals surface area contributed by atoms with E-state index in [1.807, 2.05) is 77.7 Å². The van der Waals surface area contributed by atoms with E-state index in [1.54, 1.807) is 21.1 Å². The molecule has 5 rings (SSSR count). The van der Waals surface area contributed by atoms with Gasteiger partial charge >= 0.3 is 5.97 Å². The largest absolute Gasteiger partial charge is 0.497 e. The molecule has 3 aliphatic rings. The molecule has 0 spiro atoms. The van der Waals surface area contributed by atoms with E-state index in [2.05, 4.69) is 29.2 Å². The molecule has 1 amide bonds. The Morgan fingerprint density at radius 3 is 1.75 bits per heavy atom. The molecular formula is C33H36N2O5. The molecule has 7 heteroatoms. The Labute approximate surface area is 236 Å². The third-order valence-corrected chi connectivity index (χ3v) is 7.80. The van der Waals surface area contributed by atoms with Gasteiger partial charge in [-0.05, 0) is 42.3 Å². The average Bonchev–Trinajstić information content (AvgIpc) is 3.71. The number of ether oxygens (including phenoxy) is 3. The molecule has 208 valence electrons. The Balaban J connectivity index is 1.62. The van der Waals surface area contributed by atoms with Crippen LogP contribution in [0.5, 0.6) is 11.5 Å². The Bertz CT molecular complexity index is 1290. The topological polar surface area (TPSA) is 68.3 Å². The lowest BCUT2D eigenvalue weighted by Gasteiger charge is -2.53. The summed E-state index contributed by atoms with van der Waals surface area (Å²) in [6.45, 7) is 2.87.